The lowest BCUT2D eigenvalue weighted by molar-refractivity contribution is 0.0994. The van der Waals surface area contributed by atoms with Crippen molar-refractivity contribution >= 4 is 41.3 Å². The molecule has 1 aromatic heterocycles. The van der Waals surface area contributed by atoms with E-state index >= 15 is 0 Å². The Hall–Kier alpha value is -4.42. The van der Waals surface area contributed by atoms with Gasteiger partial charge in [-0.15, -0.1) is 6.42 Å². The minimum atomic E-state index is -0.937. The Morgan fingerprint density at radius 1 is 1.24 bits per heavy atom. The molecule has 0 atom stereocenters. The van der Waals surface area contributed by atoms with Gasteiger partial charge in [0.2, 0.25) is 0 Å². The van der Waals surface area contributed by atoms with Gasteiger partial charge in [-0.1, -0.05) is 30.5 Å². The summed E-state index contributed by atoms with van der Waals surface area (Å²) in [5.74, 6) is 1.25. The van der Waals surface area contributed by atoms with Crippen molar-refractivity contribution in [1.29, 1.82) is 0 Å². The van der Waals surface area contributed by atoms with Crippen molar-refractivity contribution in [2.45, 2.75) is 13.3 Å². The van der Waals surface area contributed by atoms with Crippen molar-refractivity contribution in [2.75, 3.05) is 30.9 Å². The number of aromatic nitrogens is 1. The lowest BCUT2D eigenvalue weighted by Crippen LogP contribution is -2.41. The summed E-state index contributed by atoms with van der Waals surface area (Å²) in [6.07, 6.45) is 9.17. The van der Waals surface area contributed by atoms with E-state index in [0.29, 0.717) is 16.9 Å². The second-order valence-electron chi connectivity index (χ2n) is 7.86. The largest absolute Gasteiger partial charge is 0.497 e. The molecule has 8 nitrogen and oxygen atoms in total. The summed E-state index contributed by atoms with van der Waals surface area (Å²) in [6.45, 7) is 2.78. The third-order valence-corrected chi connectivity index (χ3v) is 5.31. The van der Waals surface area contributed by atoms with Gasteiger partial charge < -0.3 is 15.1 Å². The topological polar surface area (TPSA) is 87.1 Å². The third kappa shape index (κ3) is 7.06. The van der Waals surface area contributed by atoms with Crippen molar-refractivity contribution < 1.29 is 18.7 Å². The zero-order chi connectivity index (χ0) is 26.9. The van der Waals surface area contributed by atoms with E-state index in [4.69, 9.17) is 22.8 Å². The molecule has 190 valence electrons. The van der Waals surface area contributed by atoms with E-state index in [1.165, 1.54) is 62.0 Å². The first-order valence-corrected chi connectivity index (χ1v) is 11.6. The fourth-order valence-corrected chi connectivity index (χ4v) is 3.49. The summed E-state index contributed by atoms with van der Waals surface area (Å²) in [4.78, 5) is 31.6. The number of benzene rings is 2. The molecule has 1 heterocycles. The number of carbonyl (C=O) groups excluding carboxylic acids is 2. The van der Waals surface area contributed by atoms with E-state index in [1.807, 2.05) is 14.0 Å². The minimum Gasteiger partial charge on any atom is -0.497 e. The number of amides is 3. The van der Waals surface area contributed by atoms with Gasteiger partial charge in [0.1, 0.15) is 17.4 Å². The van der Waals surface area contributed by atoms with Crippen molar-refractivity contribution in [3.8, 4) is 18.1 Å². The Bertz CT molecular complexity index is 1360. The summed E-state index contributed by atoms with van der Waals surface area (Å²) in [7, 11) is 3.24. The van der Waals surface area contributed by atoms with Crippen LogP contribution >= 0.6 is 11.6 Å². The molecule has 0 saturated heterocycles. The fourth-order valence-electron chi connectivity index (χ4n) is 3.27. The third-order valence-electron chi connectivity index (χ3n) is 5.09. The number of ether oxygens (including phenoxy) is 1. The average Bonchev–Trinajstić information content (AvgIpc) is 2.89. The number of hydrogen-bond acceptors (Lipinski definition) is 6. The Balaban J connectivity index is 1.93. The molecular weight excluding hydrogens is 497 g/mol. The summed E-state index contributed by atoms with van der Waals surface area (Å²) in [5, 5.41) is 8.63. The van der Waals surface area contributed by atoms with Crippen LogP contribution in [0.25, 0.3) is 0 Å². The van der Waals surface area contributed by atoms with Gasteiger partial charge in [0, 0.05) is 35.9 Å². The van der Waals surface area contributed by atoms with Crippen LogP contribution < -0.4 is 15.0 Å². The maximum Gasteiger partial charge on any atom is 0.334 e. The van der Waals surface area contributed by atoms with E-state index in [0.717, 1.165) is 17.9 Å². The molecule has 0 saturated carbocycles. The number of hydrogen-bond donors (Lipinski definition) is 1. The molecule has 37 heavy (non-hydrogen) atoms. The minimum absolute atomic E-state index is 0.0245. The van der Waals surface area contributed by atoms with Crippen LogP contribution in [-0.4, -0.2) is 48.8 Å². The van der Waals surface area contributed by atoms with Crippen LogP contribution in [0.5, 0.6) is 5.75 Å². The number of imide groups is 1. The summed E-state index contributed by atoms with van der Waals surface area (Å²) < 4.78 is 20.0. The first kappa shape index (κ1) is 27.2. The van der Waals surface area contributed by atoms with Crippen molar-refractivity contribution in [1.82, 2.24) is 9.99 Å². The predicted octanol–water partition coefficient (Wildman–Crippen LogP) is 5.42. The molecule has 0 aliphatic carbocycles. The van der Waals surface area contributed by atoms with E-state index in [9.17, 15) is 14.0 Å². The Labute approximate surface area is 219 Å². The fraction of sp³-hybridized carbons (Fsp3) is 0.185. The highest BCUT2D eigenvalue weighted by molar-refractivity contribution is 6.31. The highest BCUT2D eigenvalue weighted by Gasteiger charge is 2.27. The zero-order valence-electron chi connectivity index (χ0n) is 20.5. The zero-order valence-corrected chi connectivity index (χ0v) is 21.3. The Morgan fingerprint density at radius 3 is 2.65 bits per heavy atom. The van der Waals surface area contributed by atoms with Gasteiger partial charge >= 0.3 is 6.03 Å². The molecule has 2 aromatic carbocycles. The molecular formula is C27H25ClFN5O3. The molecule has 0 bridgehead atoms. The first-order valence-electron chi connectivity index (χ1n) is 11.2. The van der Waals surface area contributed by atoms with E-state index < -0.39 is 17.8 Å². The number of rotatable bonds is 8. The number of halogens is 2. The van der Waals surface area contributed by atoms with Gasteiger partial charge in [-0.05, 0) is 54.4 Å². The van der Waals surface area contributed by atoms with Gasteiger partial charge in [-0.25, -0.2) is 19.1 Å². The SMILES string of the molecule is C#Cc1ccc(N(C(=O)Nc2ccc(C=NN(C)CCC)cc2F)C(=O)c2cc(Cl)cc(OC)c2)nc1. The summed E-state index contributed by atoms with van der Waals surface area (Å²) >= 11 is 6.12. The lowest BCUT2D eigenvalue weighted by atomic mass is 10.1. The number of terminal acetylenes is 1. The van der Waals surface area contributed by atoms with Crippen LogP contribution in [0.4, 0.5) is 20.7 Å². The van der Waals surface area contributed by atoms with Gasteiger partial charge in [-0.2, -0.15) is 5.10 Å². The van der Waals surface area contributed by atoms with Crippen LogP contribution in [-0.2, 0) is 0 Å². The molecule has 0 radical (unpaired) electrons. The van der Waals surface area contributed by atoms with Crippen molar-refractivity contribution in [2.24, 2.45) is 5.10 Å². The lowest BCUT2D eigenvalue weighted by Gasteiger charge is -2.21. The summed E-state index contributed by atoms with van der Waals surface area (Å²) in [6, 6.07) is 10.5. The quantitative estimate of drug-likeness (QED) is 0.243. The molecule has 3 aromatic rings. The number of urea groups is 1. The second-order valence-corrected chi connectivity index (χ2v) is 8.30. The standard InChI is InChI=1S/C27H25ClFN5O3/c1-5-11-33(3)31-17-19-7-9-24(23(29)12-19)32-27(36)34(25-10-8-18(6-2)16-30-25)26(35)20-13-21(28)15-22(14-20)37-4/h2,7-10,12-17H,5,11H2,1,3-4H3,(H,32,36). The number of pyridine rings is 1. The Morgan fingerprint density at radius 2 is 2.03 bits per heavy atom. The monoisotopic (exact) mass is 521 g/mol. The first-order chi connectivity index (χ1) is 17.7. The smallest absolute Gasteiger partial charge is 0.334 e. The second kappa shape index (κ2) is 12.5. The van der Waals surface area contributed by atoms with Crippen LogP contribution in [0.15, 0.2) is 59.8 Å². The molecule has 0 unspecified atom stereocenters. The van der Waals surface area contributed by atoms with Crippen molar-refractivity contribution in [3.05, 3.63) is 82.3 Å². The molecule has 3 rings (SSSR count). The average molecular weight is 522 g/mol. The van der Waals surface area contributed by atoms with Gasteiger partial charge in [0.15, 0.2) is 0 Å². The number of methoxy groups -OCH3 is 1. The number of nitrogens with one attached hydrogen (secondary N) is 1. The highest BCUT2D eigenvalue weighted by atomic mass is 35.5. The van der Waals surface area contributed by atoms with Crippen LogP contribution in [0, 0.1) is 18.2 Å². The number of carbonyl (C=O) groups is 2. The summed E-state index contributed by atoms with van der Waals surface area (Å²) in [5.41, 5.74) is 0.883. The van der Waals surface area contributed by atoms with E-state index in [-0.39, 0.29) is 22.1 Å². The van der Waals surface area contributed by atoms with Gasteiger partial charge in [0.05, 0.1) is 19.0 Å². The maximum atomic E-state index is 14.9. The molecule has 1 N–H and O–H groups in total. The molecule has 0 fully saturated rings. The molecule has 0 aliphatic heterocycles. The normalized spacial score (nSPS) is 10.6. The van der Waals surface area contributed by atoms with Crippen LogP contribution in [0.2, 0.25) is 5.02 Å². The molecule has 0 spiro atoms. The van der Waals surface area contributed by atoms with E-state index in [1.54, 1.807) is 11.1 Å². The highest BCUT2D eigenvalue weighted by Crippen LogP contribution is 2.25. The van der Waals surface area contributed by atoms with Crippen LogP contribution in [0.1, 0.15) is 34.8 Å². The van der Waals surface area contributed by atoms with E-state index in [2.05, 4.69) is 21.3 Å². The molecule has 10 heteroatoms. The number of anilines is 2. The number of nitrogens with zero attached hydrogens (tertiary/aromatic N) is 4. The molecule has 3 amide bonds. The maximum absolute atomic E-state index is 14.9. The number of hydrazone groups is 1. The van der Waals surface area contributed by atoms with Gasteiger partial charge in [0.25, 0.3) is 5.91 Å². The Kier molecular flexibility index (Phi) is 9.19. The van der Waals surface area contributed by atoms with Crippen LogP contribution in [0.3, 0.4) is 0 Å². The van der Waals surface area contributed by atoms with Gasteiger partial charge in [-0.3, -0.25) is 4.79 Å². The molecule has 0 aliphatic rings. The van der Waals surface area contributed by atoms with Crippen molar-refractivity contribution in [3.63, 3.8) is 0 Å². The predicted molar refractivity (Wildman–Crippen MR) is 143 cm³/mol.